The summed E-state index contributed by atoms with van der Waals surface area (Å²) in [6, 6.07) is 0. The minimum atomic E-state index is 0.740. The van der Waals surface area contributed by atoms with Crippen LogP contribution in [0, 0.1) is 6.92 Å². The van der Waals surface area contributed by atoms with E-state index in [1.807, 2.05) is 0 Å². The van der Waals surface area contributed by atoms with Gasteiger partial charge in [-0.15, -0.1) is 0 Å². The van der Waals surface area contributed by atoms with E-state index in [9.17, 15) is 0 Å². The molecule has 0 aliphatic rings. The normalized spacial score (nSPS) is 13.7. The third kappa shape index (κ3) is 6.36. The molecular weight excluding hydrogens is 176 g/mol. The minimum Gasteiger partial charge on any atom is -0.0891 e. The Morgan fingerprint density at radius 3 is 2.56 bits per heavy atom. The molecule has 0 rings (SSSR count). The standard InChI is InChI=1S/C8H16Br/c1-3-5-6-7-8(9)4-2/h8H,1,3-7H2,2H3. The molecule has 1 unspecified atom stereocenters. The maximum Gasteiger partial charge on any atom is 0.0143 e. The Kier molecular flexibility index (Phi) is 6.95. The zero-order chi connectivity index (χ0) is 7.11. The summed E-state index contributed by atoms with van der Waals surface area (Å²) in [5.74, 6) is 0. The smallest absolute Gasteiger partial charge is 0.0143 e. The van der Waals surface area contributed by atoms with Crippen molar-refractivity contribution in [2.24, 2.45) is 0 Å². The maximum atomic E-state index is 3.79. The van der Waals surface area contributed by atoms with Crippen LogP contribution in [0.1, 0.15) is 39.0 Å². The molecule has 0 aromatic carbocycles. The topological polar surface area (TPSA) is 0 Å². The summed E-state index contributed by atoms with van der Waals surface area (Å²) in [6.45, 7) is 6.00. The van der Waals surface area contributed by atoms with Crippen LogP contribution in [0.3, 0.4) is 0 Å². The minimum absolute atomic E-state index is 0.740. The van der Waals surface area contributed by atoms with Crippen LogP contribution in [0.25, 0.3) is 0 Å². The van der Waals surface area contributed by atoms with Gasteiger partial charge in [0.15, 0.2) is 0 Å². The molecule has 0 nitrogen and oxygen atoms in total. The van der Waals surface area contributed by atoms with Crippen LogP contribution in [0.4, 0.5) is 0 Å². The van der Waals surface area contributed by atoms with Crippen LogP contribution in [0.5, 0.6) is 0 Å². The average molecular weight is 192 g/mol. The van der Waals surface area contributed by atoms with E-state index in [0.29, 0.717) is 0 Å². The van der Waals surface area contributed by atoms with Crippen molar-refractivity contribution < 1.29 is 0 Å². The molecule has 0 N–H and O–H groups in total. The predicted octanol–water partition coefficient (Wildman–Crippen LogP) is 3.55. The van der Waals surface area contributed by atoms with Crippen molar-refractivity contribution in [3.8, 4) is 0 Å². The van der Waals surface area contributed by atoms with Gasteiger partial charge in [0.25, 0.3) is 0 Å². The fraction of sp³-hybridized carbons (Fsp3) is 0.875. The van der Waals surface area contributed by atoms with Crippen LogP contribution in [-0.4, -0.2) is 4.83 Å². The van der Waals surface area contributed by atoms with Gasteiger partial charge in [-0.05, 0) is 12.8 Å². The van der Waals surface area contributed by atoms with Gasteiger partial charge in [-0.3, -0.25) is 0 Å². The third-order valence-electron chi connectivity index (χ3n) is 1.46. The molecule has 0 aromatic rings. The van der Waals surface area contributed by atoms with E-state index in [2.05, 4.69) is 29.8 Å². The van der Waals surface area contributed by atoms with Crippen LogP contribution in [-0.2, 0) is 0 Å². The van der Waals surface area contributed by atoms with E-state index >= 15 is 0 Å². The lowest BCUT2D eigenvalue weighted by molar-refractivity contribution is 0.655. The second-order valence-electron chi connectivity index (χ2n) is 2.35. The SMILES string of the molecule is [CH2]CCCCC(Br)CC. The molecule has 1 heteroatoms. The maximum absolute atomic E-state index is 3.79. The second kappa shape index (κ2) is 6.60. The predicted molar refractivity (Wildman–Crippen MR) is 46.8 cm³/mol. The molecule has 0 spiro atoms. The van der Waals surface area contributed by atoms with Crippen LogP contribution >= 0.6 is 15.9 Å². The fourth-order valence-electron chi connectivity index (χ4n) is 0.747. The Bertz CT molecular complexity index is 52.5. The van der Waals surface area contributed by atoms with Gasteiger partial charge in [0.05, 0.1) is 0 Å². The summed E-state index contributed by atoms with van der Waals surface area (Å²) in [5, 5.41) is 0. The fourth-order valence-corrected chi connectivity index (χ4v) is 1.07. The molecule has 55 valence electrons. The monoisotopic (exact) mass is 191 g/mol. The lowest BCUT2D eigenvalue weighted by atomic mass is 10.1. The van der Waals surface area contributed by atoms with Crippen LogP contribution < -0.4 is 0 Å². The highest BCUT2D eigenvalue weighted by Gasteiger charge is 1.97. The lowest BCUT2D eigenvalue weighted by Crippen LogP contribution is -1.93. The Labute approximate surface area is 67.2 Å². The summed E-state index contributed by atoms with van der Waals surface area (Å²) in [5.41, 5.74) is 0. The molecule has 0 heterocycles. The van der Waals surface area contributed by atoms with Crippen molar-refractivity contribution >= 4 is 15.9 Å². The van der Waals surface area contributed by atoms with Crippen molar-refractivity contribution in [1.82, 2.24) is 0 Å². The number of halogens is 1. The lowest BCUT2D eigenvalue weighted by Gasteiger charge is -2.03. The summed E-state index contributed by atoms with van der Waals surface area (Å²) in [6.07, 6.45) is 6.25. The number of hydrogen-bond donors (Lipinski definition) is 0. The quantitative estimate of drug-likeness (QED) is 0.461. The highest BCUT2D eigenvalue weighted by atomic mass is 79.9. The molecule has 0 bridgehead atoms. The number of alkyl halides is 1. The molecule has 1 radical (unpaired) electrons. The first-order chi connectivity index (χ1) is 4.31. The van der Waals surface area contributed by atoms with E-state index in [1.165, 1.54) is 25.7 Å². The van der Waals surface area contributed by atoms with Crippen LogP contribution in [0.2, 0.25) is 0 Å². The summed E-state index contributed by atoms with van der Waals surface area (Å²) in [4.78, 5) is 0.740. The number of unbranched alkanes of at least 4 members (excludes halogenated alkanes) is 2. The van der Waals surface area contributed by atoms with E-state index in [0.717, 1.165) is 11.2 Å². The summed E-state index contributed by atoms with van der Waals surface area (Å²) < 4.78 is 0. The molecule has 0 aromatic heterocycles. The molecule has 1 atom stereocenters. The van der Waals surface area contributed by atoms with Crippen molar-refractivity contribution in [3.05, 3.63) is 6.92 Å². The van der Waals surface area contributed by atoms with E-state index in [1.54, 1.807) is 0 Å². The van der Waals surface area contributed by atoms with Gasteiger partial charge >= 0.3 is 0 Å². The molecule has 9 heavy (non-hydrogen) atoms. The van der Waals surface area contributed by atoms with Crippen molar-refractivity contribution in [1.29, 1.82) is 0 Å². The van der Waals surface area contributed by atoms with Gasteiger partial charge in [-0.1, -0.05) is 49.0 Å². The number of rotatable bonds is 5. The average Bonchev–Trinajstić information content (AvgIpc) is 1.89. The summed E-state index contributed by atoms with van der Waals surface area (Å²) in [7, 11) is 0. The zero-order valence-corrected chi connectivity index (χ0v) is 7.78. The molecule has 0 amide bonds. The second-order valence-corrected chi connectivity index (χ2v) is 3.65. The van der Waals surface area contributed by atoms with Crippen molar-refractivity contribution in [2.75, 3.05) is 0 Å². The van der Waals surface area contributed by atoms with Gasteiger partial charge in [0.2, 0.25) is 0 Å². The van der Waals surface area contributed by atoms with E-state index < -0.39 is 0 Å². The van der Waals surface area contributed by atoms with Crippen molar-refractivity contribution in [2.45, 2.75) is 43.9 Å². The Hall–Kier alpha value is 0.480. The molecule has 0 saturated heterocycles. The van der Waals surface area contributed by atoms with Gasteiger partial charge in [0.1, 0.15) is 0 Å². The van der Waals surface area contributed by atoms with E-state index in [-0.39, 0.29) is 0 Å². The highest BCUT2D eigenvalue weighted by Crippen LogP contribution is 2.13. The first kappa shape index (κ1) is 9.48. The Balaban J connectivity index is 2.88. The largest absolute Gasteiger partial charge is 0.0891 e. The Morgan fingerprint density at radius 2 is 2.11 bits per heavy atom. The van der Waals surface area contributed by atoms with Crippen LogP contribution in [0.15, 0.2) is 0 Å². The molecular formula is C8H16Br. The highest BCUT2D eigenvalue weighted by molar-refractivity contribution is 9.09. The van der Waals surface area contributed by atoms with Gasteiger partial charge in [0, 0.05) is 4.83 Å². The molecule has 0 aliphatic heterocycles. The Morgan fingerprint density at radius 1 is 1.44 bits per heavy atom. The zero-order valence-electron chi connectivity index (χ0n) is 6.20. The van der Waals surface area contributed by atoms with Gasteiger partial charge < -0.3 is 0 Å². The van der Waals surface area contributed by atoms with E-state index in [4.69, 9.17) is 0 Å². The third-order valence-corrected chi connectivity index (χ3v) is 2.57. The van der Waals surface area contributed by atoms with Crippen molar-refractivity contribution in [3.63, 3.8) is 0 Å². The molecule has 0 fully saturated rings. The number of hydrogen-bond acceptors (Lipinski definition) is 0. The first-order valence-electron chi connectivity index (χ1n) is 3.74. The molecule has 0 aliphatic carbocycles. The first-order valence-corrected chi connectivity index (χ1v) is 4.66. The van der Waals surface area contributed by atoms with Gasteiger partial charge in [-0.25, -0.2) is 0 Å². The van der Waals surface area contributed by atoms with Gasteiger partial charge in [-0.2, -0.15) is 0 Å². The molecule has 0 saturated carbocycles. The summed E-state index contributed by atoms with van der Waals surface area (Å²) >= 11 is 3.59.